The van der Waals surface area contributed by atoms with E-state index in [1.165, 1.54) is 17.7 Å². The van der Waals surface area contributed by atoms with Gasteiger partial charge in [-0.1, -0.05) is 6.07 Å². The third kappa shape index (κ3) is 3.78. The normalized spacial score (nSPS) is 20.7. The summed E-state index contributed by atoms with van der Waals surface area (Å²) in [7, 11) is 0. The van der Waals surface area contributed by atoms with Crippen molar-refractivity contribution < 1.29 is 4.79 Å². The number of piperazine rings is 1. The first-order chi connectivity index (χ1) is 9.31. The second-order valence-electron chi connectivity index (χ2n) is 5.39. The number of hydrogen-bond acceptors (Lipinski definition) is 4. The van der Waals surface area contributed by atoms with E-state index in [0.717, 1.165) is 32.7 Å². The fourth-order valence-electron chi connectivity index (χ4n) is 2.41. The standard InChI is InChI=1S/C14H21N3OS/c18-14(10-15-12-3-4-12)17-7-5-16(6-8-17)11-13-2-1-9-19-13/h1-2,9,12,15H,3-8,10-11H2. The van der Waals surface area contributed by atoms with Crippen LogP contribution in [0.4, 0.5) is 0 Å². The number of nitrogens with zero attached hydrogens (tertiary/aromatic N) is 2. The number of carbonyl (C=O) groups is 1. The van der Waals surface area contributed by atoms with Crippen molar-refractivity contribution in [1.29, 1.82) is 0 Å². The molecule has 0 spiro atoms. The van der Waals surface area contributed by atoms with Crippen molar-refractivity contribution in [3.8, 4) is 0 Å². The van der Waals surface area contributed by atoms with Crippen molar-refractivity contribution >= 4 is 17.2 Å². The van der Waals surface area contributed by atoms with Gasteiger partial charge in [-0.05, 0) is 24.3 Å². The van der Waals surface area contributed by atoms with Crippen LogP contribution in [0.3, 0.4) is 0 Å². The highest BCUT2D eigenvalue weighted by Gasteiger charge is 2.24. The first-order valence-corrected chi connectivity index (χ1v) is 7.95. The van der Waals surface area contributed by atoms with Gasteiger partial charge in [-0.2, -0.15) is 0 Å². The molecule has 4 nitrogen and oxygen atoms in total. The first kappa shape index (κ1) is 13.1. The first-order valence-electron chi connectivity index (χ1n) is 7.07. The zero-order chi connectivity index (χ0) is 13.1. The lowest BCUT2D eigenvalue weighted by atomic mass is 10.3. The summed E-state index contributed by atoms with van der Waals surface area (Å²) in [4.78, 5) is 17.8. The second-order valence-corrected chi connectivity index (χ2v) is 6.42. The van der Waals surface area contributed by atoms with Gasteiger partial charge < -0.3 is 10.2 Å². The fourth-order valence-corrected chi connectivity index (χ4v) is 3.16. The smallest absolute Gasteiger partial charge is 0.236 e. The lowest BCUT2D eigenvalue weighted by Crippen LogP contribution is -2.50. The molecule has 19 heavy (non-hydrogen) atoms. The van der Waals surface area contributed by atoms with Gasteiger partial charge in [0, 0.05) is 43.6 Å². The Labute approximate surface area is 118 Å². The van der Waals surface area contributed by atoms with Crippen molar-refractivity contribution in [3.63, 3.8) is 0 Å². The predicted molar refractivity (Wildman–Crippen MR) is 77.2 cm³/mol. The molecule has 1 N–H and O–H groups in total. The highest BCUT2D eigenvalue weighted by atomic mass is 32.1. The summed E-state index contributed by atoms with van der Waals surface area (Å²) in [6, 6.07) is 4.90. The molecule has 0 aromatic carbocycles. The molecule has 1 aromatic rings. The maximum Gasteiger partial charge on any atom is 0.236 e. The molecule has 1 aromatic heterocycles. The fraction of sp³-hybridized carbons (Fsp3) is 0.643. The van der Waals surface area contributed by atoms with E-state index in [2.05, 4.69) is 27.7 Å². The van der Waals surface area contributed by atoms with Gasteiger partial charge in [-0.15, -0.1) is 11.3 Å². The van der Waals surface area contributed by atoms with Crippen LogP contribution < -0.4 is 5.32 Å². The molecule has 1 saturated heterocycles. The van der Waals surface area contributed by atoms with Crippen molar-refractivity contribution in [2.45, 2.75) is 25.4 Å². The van der Waals surface area contributed by atoms with Crippen LogP contribution in [0.15, 0.2) is 17.5 Å². The lowest BCUT2D eigenvalue weighted by Gasteiger charge is -2.34. The highest BCUT2D eigenvalue weighted by molar-refractivity contribution is 7.09. The van der Waals surface area contributed by atoms with E-state index in [1.807, 2.05) is 16.2 Å². The van der Waals surface area contributed by atoms with E-state index in [4.69, 9.17) is 0 Å². The van der Waals surface area contributed by atoms with Crippen LogP contribution in [0.5, 0.6) is 0 Å². The van der Waals surface area contributed by atoms with Crippen LogP contribution in [0.2, 0.25) is 0 Å². The zero-order valence-corrected chi connectivity index (χ0v) is 12.0. The Balaban J connectivity index is 1.39. The molecule has 1 amide bonds. The van der Waals surface area contributed by atoms with Gasteiger partial charge >= 0.3 is 0 Å². The molecule has 104 valence electrons. The predicted octanol–water partition coefficient (Wildman–Crippen LogP) is 1.14. The zero-order valence-electron chi connectivity index (χ0n) is 11.2. The minimum atomic E-state index is 0.266. The molecule has 1 aliphatic heterocycles. The van der Waals surface area contributed by atoms with Crippen molar-refractivity contribution in [3.05, 3.63) is 22.4 Å². The van der Waals surface area contributed by atoms with Gasteiger partial charge in [-0.3, -0.25) is 9.69 Å². The van der Waals surface area contributed by atoms with Crippen LogP contribution in [0.1, 0.15) is 17.7 Å². The van der Waals surface area contributed by atoms with Crippen LogP contribution in [-0.4, -0.2) is 54.5 Å². The topological polar surface area (TPSA) is 35.6 Å². The summed E-state index contributed by atoms with van der Waals surface area (Å²) in [5, 5.41) is 5.42. The second kappa shape index (κ2) is 6.03. The average Bonchev–Trinajstić information content (AvgIpc) is 3.13. The molecule has 3 rings (SSSR count). The molecule has 2 heterocycles. The molecule has 5 heteroatoms. The molecule has 0 unspecified atom stereocenters. The quantitative estimate of drug-likeness (QED) is 0.878. The van der Waals surface area contributed by atoms with Gasteiger partial charge in [0.05, 0.1) is 6.54 Å². The summed E-state index contributed by atoms with van der Waals surface area (Å²) in [5.74, 6) is 0.266. The molecule has 1 saturated carbocycles. The Bertz CT molecular complexity index is 408. The molecular formula is C14H21N3OS. The van der Waals surface area contributed by atoms with Gasteiger partial charge in [0.25, 0.3) is 0 Å². The third-order valence-corrected chi connectivity index (χ3v) is 4.67. The van der Waals surface area contributed by atoms with Crippen molar-refractivity contribution in [2.75, 3.05) is 32.7 Å². The van der Waals surface area contributed by atoms with E-state index < -0.39 is 0 Å². The van der Waals surface area contributed by atoms with Crippen molar-refractivity contribution in [2.24, 2.45) is 0 Å². The number of nitrogens with one attached hydrogen (secondary N) is 1. The number of carbonyl (C=O) groups excluding carboxylic acids is 1. The summed E-state index contributed by atoms with van der Waals surface area (Å²) in [5.41, 5.74) is 0. The monoisotopic (exact) mass is 279 g/mol. The maximum atomic E-state index is 12.0. The molecule has 2 fully saturated rings. The van der Waals surface area contributed by atoms with Gasteiger partial charge in [0.2, 0.25) is 5.91 Å². The molecular weight excluding hydrogens is 258 g/mol. The Morgan fingerprint density at radius 2 is 2.11 bits per heavy atom. The van der Waals surface area contributed by atoms with E-state index in [9.17, 15) is 4.79 Å². The molecule has 1 aliphatic carbocycles. The minimum absolute atomic E-state index is 0.266. The maximum absolute atomic E-state index is 12.0. The number of rotatable bonds is 5. The van der Waals surface area contributed by atoms with Gasteiger partial charge in [-0.25, -0.2) is 0 Å². The van der Waals surface area contributed by atoms with Crippen LogP contribution >= 0.6 is 11.3 Å². The van der Waals surface area contributed by atoms with Crippen molar-refractivity contribution in [1.82, 2.24) is 15.1 Å². The van der Waals surface area contributed by atoms with E-state index in [0.29, 0.717) is 12.6 Å². The average molecular weight is 279 g/mol. The highest BCUT2D eigenvalue weighted by Crippen LogP contribution is 2.18. The summed E-state index contributed by atoms with van der Waals surface area (Å²) in [6.07, 6.45) is 2.48. The Kier molecular flexibility index (Phi) is 4.15. The Morgan fingerprint density at radius 3 is 2.74 bits per heavy atom. The van der Waals surface area contributed by atoms with Crippen LogP contribution in [-0.2, 0) is 11.3 Å². The largest absolute Gasteiger partial charge is 0.339 e. The number of amides is 1. The van der Waals surface area contributed by atoms with Gasteiger partial charge in [0.1, 0.15) is 0 Å². The summed E-state index contributed by atoms with van der Waals surface area (Å²) in [6.45, 7) is 5.28. The van der Waals surface area contributed by atoms with E-state index in [-0.39, 0.29) is 5.91 Å². The van der Waals surface area contributed by atoms with E-state index >= 15 is 0 Å². The van der Waals surface area contributed by atoms with Crippen LogP contribution in [0, 0.1) is 0 Å². The molecule has 0 bridgehead atoms. The molecule has 0 radical (unpaired) electrons. The van der Waals surface area contributed by atoms with Gasteiger partial charge in [0.15, 0.2) is 0 Å². The minimum Gasteiger partial charge on any atom is -0.339 e. The lowest BCUT2D eigenvalue weighted by molar-refractivity contribution is -0.132. The molecule has 2 aliphatic rings. The number of thiophene rings is 1. The Morgan fingerprint density at radius 1 is 1.32 bits per heavy atom. The SMILES string of the molecule is O=C(CNC1CC1)N1CCN(Cc2cccs2)CC1. The summed E-state index contributed by atoms with van der Waals surface area (Å²) < 4.78 is 0. The third-order valence-electron chi connectivity index (χ3n) is 3.80. The number of hydrogen-bond donors (Lipinski definition) is 1. The van der Waals surface area contributed by atoms with E-state index in [1.54, 1.807) is 0 Å². The molecule has 0 atom stereocenters. The summed E-state index contributed by atoms with van der Waals surface area (Å²) >= 11 is 1.81. The van der Waals surface area contributed by atoms with Crippen LogP contribution in [0.25, 0.3) is 0 Å². The Hall–Kier alpha value is -0.910.